The van der Waals surface area contributed by atoms with E-state index in [1.54, 1.807) is 20.7 Å². The normalized spacial score (nSPS) is 18.9. The first-order valence-electron chi connectivity index (χ1n) is 9.97. The highest BCUT2D eigenvalue weighted by molar-refractivity contribution is 7.80. The molecule has 2 heterocycles. The number of fused-ring (bicyclic) bond motifs is 3. The van der Waals surface area contributed by atoms with Crippen LogP contribution in [0.15, 0.2) is 18.2 Å². The van der Waals surface area contributed by atoms with E-state index in [9.17, 15) is 4.79 Å². The van der Waals surface area contributed by atoms with Crippen molar-refractivity contribution in [2.24, 2.45) is 5.92 Å². The van der Waals surface area contributed by atoms with Gasteiger partial charge in [0.2, 0.25) is 5.91 Å². The number of hydrogen-bond donors (Lipinski definition) is 0. The second-order valence-electron chi connectivity index (χ2n) is 8.51. The van der Waals surface area contributed by atoms with E-state index in [4.69, 9.17) is 12.2 Å². The first-order valence-corrected chi connectivity index (χ1v) is 12.5. The number of rotatable bonds is 3. The summed E-state index contributed by atoms with van der Waals surface area (Å²) in [6.07, 6.45) is 8.28. The molecule has 2 aliphatic rings. The summed E-state index contributed by atoms with van der Waals surface area (Å²) in [5, 5.41) is 0. The minimum absolute atomic E-state index is 0.257. The van der Waals surface area contributed by atoms with Crippen LogP contribution < -0.4 is 4.90 Å². The van der Waals surface area contributed by atoms with Crippen molar-refractivity contribution in [1.29, 1.82) is 0 Å². The second-order valence-corrected chi connectivity index (χ2v) is 11.3. The monoisotopic (exact) mass is 417 g/mol. The lowest BCUT2D eigenvalue weighted by Crippen LogP contribution is -2.47. The Labute approximate surface area is 174 Å². The molecule has 0 saturated heterocycles. The zero-order valence-electron chi connectivity index (χ0n) is 16.3. The molecule has 0 spiro atoms. The molecule has 0 unspecified atom stereocenters. The Morgan fingerprint density at radius 1 is 1.22 bits per heavy atom. The maximum atomic E-state index is 13.5. The van der Waals surface area contributed by atoms with Crippen molar-refractivity contribution in [1.82, 2.24) is 0 Å². The van der Waals surface area contributed by atoms with Gasteiger partial charge in [0.05, 0.1) is 16.1 Å². The first kappa shape index (κ1) is 19.3. The predicted molar refractivity (Wildman–Crippen MR) is 120 cm³/mol. The summed E-state index contributed by atoms with van der Waals surface area (Å²) in [6.45, 7) is 6.44. The van der Waals surface area contributed by atoms with Gasteiger partial charge in [0.1, 0.15) is 3.82 Å². The first-order chi connectivity index (χ1) is 12.9. The fraction of sp³-hybridized carbons (Fsp3) is 0.545. The molecule has 144 valence electrons. The van der Waals surface area contributed by atoms with Crippen molar-refractivity contribution < 1.29 is 4.79 Å². The Kier molecular flexibility index (Phi) is 5.30. The van der Waals surface area contributed by atoms with Crippen LogP contribution in [-0.4, -0.2) is 5.91 Å². The fourth-order valence-corrected chi connectivity index (χ4v) is 7.98. The van der Waals surface area contributed by atoms with E-state index in [1.807, 2.05) is 0 Å². The molecule has 0 bridgehead atoms. The third-order valence-corrected chi connectivity index (χ3v) is 9.48. The van der Waals surface area contributed by atoms with E-state index in [-0.39, 0.29) is 11.4 Å². The molecule has 2 nitrogen and oxygen atoms in total. The third-order valence-electron chi connectivity index (χ3n) is 6.15. The lowest BCUT2D eigenvalue weighted by Gasteiger charge is -2.43. The second kappa shape index (κ2) is 7.41. The number of carbonyl (C=O) groups excluding carboxylic acids is 1. The molecule has 1 aliphatic carbocycles. The molecule has 0 radical (unpaired) electrons. The summed E-state index contributed by atoms with van der Waals surface area (Å²) in [5.74, 6) is 0.985. The van der Waals surface area contributed by atoms with Gasteiger partial charge < -0.3 is 4.90 Å². The molecule has 0 atom stereocenters. The number of nitrogens with zero attached hydrogens (tertiary/aromatic N) is 1. The molecule has 5 heteroatoms. The fourth-order valence-electron chi connectivity index (χ4n) is 4.70. The number of aryl methyl sites for hydroxylation is 1. The highest BCUT2D eigenvalue weighted by atomic mass is 32.9. The molecule has 4 rings (SSSR count). The molecule has 1 amide bonds. The van der Waals surface area contributed by atoms with E-state index >= 15 is 0 Å². The van der Waals surface area contributed by atoms with Crippen LogP contribution in [0.3, 0.4) is 0 Å². The topological polar surface area (TPSA) is 20.3 Å². The molecule has 2 aromatic rings. The van der Waals surface area contributed by atoms with Gasteiger partial charge in [0.15, 0.2) is 0 Å². The SMILES string of the molecule is Cc1ccc2c(c1)N(C(=O)CCC1CCCCC1)C(C)(C)c1ssc(=S)c1-2. The van der Waals surface area contributed by atoms with Crippen LogP contribution in [0.1, 0.15) is 69.2 Å². The van der Waals surface area contributed by atoms with Crippen molar-refractivity contribution in [3.63, 3.8) is 0 Å². The minimum Gasteiger partial charge on any atom is -0.301 e. The van der Waals surface area contributed by atoms with Crippen LogP contribution in [0, 0.1) is 16.7 Å². The maximum Gasteiger partial charge on any atom is 0.227 e. The van der Waals surface area contributed by atoms with E-state index in [2.05, 4.69) is 43.9 Å². The Hall–Kier alpha value is -1.04. The van der Waals surface area contributed by atoms with Crippen LogP contribution in [0.4, 0.5) is 5.69 Å². The molecular weight excluding hydrogens is 390 g/mol. The van der Waals surface area contributed by atoms with Gasteiger partial charge in [-0.15, -0.1) is 0 Å². The van der Waals surface area contributed by atoms with Gasteiger partial charge in [-0.25, -0.2) is 0 Å². The lowest BCUT2D eigenvalue weighted by molar-refractivity contribution is -0.120. The van der Waals surface area contributed by atoms with Crippen molar-refractivity contribution >= 4 is 44.5 Å². The van der Waals surface area contributed by atoms with Gasteiger partial charge in [-0.1, -0.05) is 77.1 Å². The Bertz CT molecular complexity index is 918. The van der Waals surface area contributed by atoms with Crippen LogP contribution in [-0.2, 0) is 10.3 Å². The molecule has 1 aromatic carbocycles. The summed E-state index contributed by atoms with van der Waals surface area (Å²) in [6, 6.07) is 6.44. The molecule has 0 N–H and O–H groups in total. The van der Waals surface area contributed by atoms with Gasteiger partial charge in [0, 0.05) is 17.5 Å². The molecule has 1 saturated carbocycles. The van der Waals surface area contributed by atoms with E-state index in [0.29, 0.717) is 6.42 Å². The summed E-state index contributed by atoms with van der Waals surface area (Å²) in [7, 11) is 3.40. The van der Waals surface area contributed by atoms with Crippen molar-refractivity contribution in [3.05, 3.63) is 32.5 Å². The lowest BCUT2D eigenvalue weighted by atomic mass is 9.84. The maximum absolute atomic E-state index is 13.5. The van der Waals surface area contributed by atoms with Crippen molar-refractivity contribution in [3.8, 4) is 11.1 Å². The highest BCUT2D eigenvalue weighted by Crippen LogP contribution is 2.52. The number of anilines is 1. The largest absolute Gasteiger partial charge is 0.301 e. The van der Waals surface area contributed by atoms with Gasteiger partial charge in [0.25, 0.3) is 0 Å². The molecule has 1 fully saturated rings. The van der Waals surface area contributed by atoms with E-state index in [0.717, 1.165) is 27.4 Å². The smallest absolute Gasteiger partial charge is 0.227 e. The summed E-state index contributed by atoms with van der Waals surface area (Å²) < 4.78 is 0.947. The standard InChI is InChI=1S/C22H27NOS3/c1-14-9-11-16-17(13-14)23(18(24)12-10-15-7-5-4-6-8-15)22(2,3)20-19(16)21(25)27-26-20/h9,11,13,15H,4-8,10,12H2,1-3H3. The highest BCUT2D eigenvalue weighted by Gasteiger charge is 2.42. The molecule has 1 aromatic heterocycles. The molecule has 27 heavy (non-hydrogen) atoms. The van der Waals surface area contributed by atoms with Crippen molar-refractivity contribution in [2.75, 3.05) is 4.90 Å². The van der Waals surface area contributed by atoms with Gasteiger partial charge in [-0.3, -0.25) is 4.79 Å². The summed E-state index contributed by atoms with van der Waals surface area (Å²) >= 11 is 5.65. The van der Waals surface area contributed by atoms with Crippen LogP contribution >= 0.6 is 32.9 Å². The summed E-state index contributed by atoms with van der Waals surface area (Å²) in [5.41, 5.74) is 4.18. The Balaban J connectivity index is 1.70. The molecular formula is C22H27NOS3. The number of carbonyl (C=O) groups is 1. The zero-order valence-corrected chi connectivity index (χ0v) is 18.8. The van der Waals surface area contributed by atoms with Gasteiger partial charge >= 0.3 is 0 Å². The number of benzene rings is 1. The average Bonchev–Trinajstić information content (AvgIpc) is 3.03. The predicted octanol–water partition coefficient (Wildman–Crippen LogP) is 7.46. The number of hydrogen-bond acceptors (Lipinski definition) is 4. The minimum atomic E-state index is -0.349. The quantitative estimate of drug-likeness (QED) is 0.381. The number of amides is 1. The Morgan fingerprint density at radius 3 is 2.70 bits per heavy atom. The Morgan fingerprint density at radius 2 is 1.96 bits per heavy atom. The van der Waals surface area contributed by atoms with Crippen molar-refractivity contribution in [2.45, 2.75) is 71.3 Å². The van der Waals surface area contributed by atoms with Gasteiger partial charge in [-0.2, -0.15) is 0 Å². The third kappa shape index (κ3) is 3.43. The van der Waals surface area contributed by atoms with Crippen LogP contribution in [0.25, 0.3) is 11.1 Å². The van der Waals surface area contributed by atoms with E-state index in [1.165, 1.54) is 48.1 Å². The van der Waals surface area contributed by atoms with Crippen LogP contribution in [0.5, 0.6) is 0 Å². The van der Waals surface area contributed by atoms with E-state index < -0.39 is 0 Å². The molecule has 1 aliphatic heterocycles. The van der Waals surface area contributed by atoms with Gasteiger partial charge in [-0.05, 0) is 44.7 Å². The zero-order chi connectivity index (χ0) is 19.2. The van der Waals surface area contributed by atoms with Crippen LogP contribution in [0.2, 0.25) is 0 Å². The summed E-state index contributed by atoms with van der Waals surface area (Å²) in [4.78, 5) is 16.8. The average molecular weight is 418 g/mol.